The van der Waals surface area contributed by atoms with Crippen LogP contribution in [0.5, 0.6) is 0 Å². The fourth-order valence-corrected chi connectivity index (χ4v) is 8.90. The summed E-state index contributed by atoms with van der Waals surface area (Å²) >= 11 is 24.7. The molecule has 4 rings (SSSR count). The monoisotopic (exact) mass is 1250 g/mol. The number of carbonyl (C=O) groups is 8. The minimum Gasteiger partial charge on any atom is -0.481 e. The van der Waals surface area contributed by atoms with E-state index in [-0.39, 0.29) is 112 Å². The predicted octanol–water partition coefficient (Wildman–Crippen LogP) is 5.67. The third kappa shape index (κ3) is 30.6. The van der Waals surface area contributed by atoms with Crippen molar-refractivity contribution in [3.05, 3.63) is 116 Å². The van der Waals surface area contributed by atoms with Crippen LogP contribution >= 0.6 is 46.4 Å². The summed E-state index contributed by atoms with van der Waals surface area (Å²) in [7, 11) is 0. The lowest BCUT2D eigenvalue weighted by molar-refractivity contribution is -0.139. The zero-order chi connectivity index (χ0) is 60.9. The van der Waals surface area contributed by atoms with E-state index in [4.69, 9.17) is 65.4 Å². The topological polar surface area (TPSA) is 336 Å². The fourth-order valence-electron chi connectivity index (χ4n) is 7.81. The van der Waals surface area contributed by atoms with Crippen molar-refractivity contribution in [3.63, 3.8) is 0 Å². The molecule has 4 unspecified atom stereocenters. The predicted molar refractivity (Wildman–Crippen MR) is 315 cm³/mol. The molecule has 84 heavy (non-hydrogen) atoms. The van der Waals surface area contributed by atoms with Crippen molar-refractivity contribution >= 4 is 105 Å². The number of aromatic nitrogens is 2. The number of unbranched alkanes of at least 4 members (excludes halogenated alkanes) is 2. The number of nitrogens with one attached hydrogen (secondary N) is 8. The number of hydrogen-bond donors (Lipinski definition) is 10. The van der Waals surface area contributed by atoms with Gasteiger partial charge in [-0.3, -0.25) is 38.4 Å². The second kappa shape index (κ2) is 40.4. The van der Waals surface area contributed by atoms with E-state index in [1.165, 1.54) is 36.4 Å². The van der Waals surface area contributed by atoms with E-state index in [9.17, 15) is 48.6 Å². The Hall–Kier alpha value is -6.90. The molecule has 0 aliphatic heterocycles. The average molecular weight is 1250 g/mol. The molecule has 2 heterocycles. The van der Waals surface area contributed by atoms with Crippen LogP contribution in [0, 0.1) is 0 Å². The first-order valence-corrected chi connectivity index (χ1v) is 28.6. The Labute approximate surface area is 506 Å². The van der Waals surface area contributed by atoms with E-state index in [1.54, 1.807) is 24.5 Å². The molecule has 28 heteroatoms. The lowest BCUT2D eigenvalue weighted by atomic mass is 10.0. The van der Waals surface area contributed by atoms with Crippen LogP contribution in [-0.4, -0.2) is 159 Å². The molecule has 2 aromatic carbocycles. The molecule has 0 radical (unpaired) electrons. The second-order valence-corrected chi connectivity index (χ2v) is 20.5. The average Bonchev–Trinajstić information content (AvgIpc) is 3.46. The lowest BCUT2D eigenvalue weighted by Gasteiger charge is -2.23. The van der Waals surface area contributed by atoms with E-state index in [2.05, 4.69) is 52.5 Å². The third-order valence-electron chi connectivity index (χ3n) is 11.9. The van der Waals surface area contributed by atoms with Crippen LogP contribution in [-0.2, 0) is 57.3 Å². The number of carboxylic acid groups (broad SMARTS) is 2. The van der Waals surface area contributed by atoms with E-state index < -0.39 is 84.4 Å². The number of nitrogens with zero attached hydrogens (tertiary/aromatic N) is 2. The molecule has 0 aliphatic carbocycles. The second-order valence-electron chi connectivity index (χ2n) is 18.7. The number of carbonyl (C=O) groups excluding carboxylic acids is 6. The molecule has 0 bridgehead atoms. The first-order valence-electron chi connectivity index (χ1n) is 27.1. The van der Waals surface area contributed by atoms with E-state index >= 15 is 0 Å². The number of hydrogen-bond acceptors (Lipinski definition) is 16. The van der Waals surface area contributed by atoms with Gasteiger partial charge in [0, 0.05) is 84.3 Å². The van der Waals surface area contributed by atoms with Gasteiger partial charge < -0.3 is 71.7 Å². The zero-order valence-corrected chi connectivity index (χ0v) is 49.2. The van der Waals surface area contributed by atoms with Gasteiger partial charge in [0.1, 0.15) is 23.7 Å². The van der Waals surface area contributed by atoms with Crippen LogP contribution in [0.1, 0.15) is 87.4 Å². The Balaban J connectivity index is 1.11. The van der Waals surface area contributed by atoms with Gasteiger partial charge >= 0.3 is 11.9 Å². The first-order chi connectivity index (χ1) is 40.4. The smallest absolute Gasteiger partial charge is 0.305 e. The van der Waals surface area contributed by atoms with Crippen LogP contribution in [0.15, 0.2) is 85.2 Å². The van der Waals surface area contributed by atoms with Gasteiger partial charge in [0.15, 0.2) is 0 Å². The van der Waals surface area contributed by atoms with Gasteiger partial charge in [-0.15, -0.1) is 0 Å². The van der Waals surface area contributed by atoms with Crippen LogP contribution in [0.2, 0.25) is 20.1 Å². The molecule has 4 aromatic rings. The van der Waals surface area contributed by atoms with Crippen molar-refractivity contribution < 1.29 is 67.5 Å². The van der Waals surface area contributed by atoms with Crippen molar-refractivity contribution in [2.75, 3.05) is 89.7 Å². The number of amides is 6. The fraction of sp³-hybridized carbons (Fsp3) is 0.464. The molecule has 24 nitrogen and oxygen atoms in total. The van der Waals surface area contributed by atoms with Gasteiger partial charge in [0.25, 0.3) is 0 Å². The highest BCUT2D eigenvalue weighted by molar-refractivity contribution is 6.35. The van der Waals surface area contributed by atoms with Crippen molar-refractivity contribution in [3.8, 4) is 0 Å². The molecule has 4 atom stereocenters. The van der Waals surface area contributed by atoms with Crippen molar-refractivity contribution in [1.82, 2.24) is 41.9 Å². The highest BCUT2D eigenvalue weighted by Gasteiger charge is 2.28. The van der Waals surface area contributed by atoms with Gasteiger partial charge in [-0.1, -0.05) is 58.5 Å². The summed E-state index contributed by atoms with van der Waals surface area (Å²) in [6, 6.07) is 15.3. The van der Waals surface area contributed by atoms with Gasteiger partial charge in [0.2, 0.25) is 35.4 Å². The van der Waals surface area contributed by atoms with Crippen molar-refractivity contribution in [2.24, 2.45) is 0 Å². The Bertz CT molecular complexity index is 2490. The summed E-state index contributed by atoms with van der Waals surface area (Å²) in [6.45, 7) is 1.14. The van der Waals surface area contributed by atoms with Crippen molar-refractivity contribution in [1.29, 1.82) is 0 Å². The maximum atomic E-state index is 13.6. The molecule has 0 saturated heterocycles. The minimum absolute atomic E-state index is 0.000274. The van der Waals surface area contributed by atoms with Crippen LogP contribution in [0.3, 0.4) is 0 Å². The van der Waals surface area contributed by atoms with Crippen LogP contribution < -0.4 is 42.5 Å². The number of pyridine rings is 2. The van der Waals surface area contributed by atoms with E-state index in [1.807, 2.05) is 24.3 Å². The number of anilines is 2. The standard InChI is InChI=1S/C56H72Cl4N10O14/c57-39-27-37(28-40(58)31-39)43(33-53(75)76)69-55(79)45(67-51(73)11-3-7-17-63-47-9-1-5-15-61-47)35-83-25-23-81-21-19-65-49(71)13-14-50(72)66-20-22-82-24-26-84-36-46(68-52(74)12-4-8-18-64-48-10-2-6-16-62-48)56(80)70-44(34-54(77)78)38-29-41(59)32-42(60)30-38/h1-2,5-6,9-10,15-16,27-32,43-46H,3-4,7-8,11-14,17-26,33-36H2,(H,61,63)(H,62,64)(H,65,71)(H,66,72)(H,67,73)(H,68,74)(H,69,79)(H,70,80)(H,75,76)(H,77,78). The van der Waals surface area contributed by atoms with E-state index in [0.29, 0.717) is 61.5 Å². The Morgan fingerprint density at radius 2 is 0.821 bits per heavy atom. The highest BCUT2D eigenvalue weighted by Crippen LogP contribution is 2.27. The van der Waals surface area contributed by atoms with Gasteiger partial charge in [-0.2, -0.15) is 0 Å². The van der Waals surface area contributed by atoms with Gasteiger partial charge in [-0.25, -0.2) is 9.97 Å². The first kappa shape index (κ1) is 69.6. The summed E-state index contributed by atoms with van der Waals surface area (Å²) in [4.78, 5) is 110. The summed E-state index contributed by atoms with van der Waals surface area (Å²) < 4.78 is 22.5. The number of aliphatic carboxylic acids is 2. The maximum absolute atomic E-state index is 13.6. The molecule has 0 saturated carbocycles. The highest BCUT2D eigenvalue weighted by atomic mass is 35.5. The molecule has 0 fully saturated rings. The lowest BCUT2D eigenvalue weighted by Crippen LogP contribution is -2.50. The quantitative estimate of drug-likeness (QED) is 0.0239. The molecule has 6 amide bonds. The summed E-state index contributed by atoms with van der Waals surface area (Å²) in [5.74, 6) is -4.01. The largest absolute Gasteiger partial charge is 0.481 e. The minimum atomic E-state index is -1.21. The third-order valence-corrected chi connectivity index (χ3v) is 12.8. The Morgan fingerprint density at radius 1 is 0.440 bits per heavy atom. The van der Waals surface area contributed by atoms with Gasteiger partial charge in [-0.05, 0) is 97.5 Å². The van der Waals surface area contributed by atoms with Gasteiger partial charge in [0.05, 0.1) is 77.8 Å². The number of carboxylic acids is 2. The number of halogens is 4. The molecular weight excluding hydrogens is 1180 g/mol. The SMILES string of the molecule is O=C(O)CC(NC(=O)C(COCCOCCNC(=O)CCC(=O)NCCOCCOCC(NC(=O)CCCCNc1ccccn1)C(=O)NC(CC(=O)O)c1cc(Cl)cc(Cl)c1)NC(=O)CCCCNc1ccccn1)c1cc(Cl)cc(Cl)c1. The molecule has 10 N–H and O–H groups in total. The summed E-state index contributed by atoms with van der Waals surface area (Å²) in [5, 5.41) is 42.5. The molecule has 0 spiro atoms. The van der Waals surface area contributed by atoms with E-state index in [0.717, 1.165) is 0 Å². The summed E-state index contributed by atoms with van der Waals surface area (Å²) in [6.07, 6.45) is 4.60. The van der Waals surface area contributed by atoms with Crippen LogP contribution in [0.25, 0.3) is 0 Å². The molecular formula is C56H72Cl4N10O14. The Morgan fingerprint density at radius 3 is 1.18 bits per heavy atom. The molecule has 2 aromatic heterocycles. The number of rotatable bonds is 43. The normalized spacial score (nSPS) is 12.4. The molecule has 458 valence electrons. The summed E-state index contributed by atoms with van der Waals surface area (Å²) in [5.41, 5.74) is 0.704. The van der Waals surface area contributed by atoms with Crippen LogP contribution in [0.4, 0.5) is 11.6 Å². The number of benzene rings is 2. The van der Waals surface area contributed by atoms with Crippen molar-refractivity contribution in [2.45, 2.75) is 88.4 Å². The Kier molecular flexibility index (Phi) is 33.5. The molecule has 0 aliphatic rings. The maximum Gasteiger partial charge on any atom is 0.305 e. The number of ether oxygens (including phenoxy) is 4. The zero-order valence-electron chi connectivity index (χ0n) is 46.1.